The van der Waals surface area contributed by atoms with E-state index in [1.807, 2.05) is 0 Å². The van der Waals surface area contributed by atoms with Crippen molar-refractivity contribution >= 4 is 12.4 Å². The average Bonchev–Trinajstić information content (AvgIpc) is 2.10. The van der Waals surface area contributed by atoms with Gasteiger partial charge in [0.15, 0.2) is 0 Å². The maximum Gasteiger partial charge on any atom is 0.408 e. The van der Waals surface area contributed by atoms with Gasteiger partial charge in [0.25, 0.3) is 0 Å². The molecule has 15 heavy (non-hydrogen) atoms. The molecule has 0 aromatic rings. The van der Waals surface area contributed by atoms with Gasteiger partial charge in [-0.2, -0.15) is 0 Å². The quantitative estimate of drug-likeness (QED) is 0.573. The first-order valence-corrected chi connectivity index (χ1v) is 4.87. The summed E-state index contributed by atoms with van der Waals surface area (Å²) in [6.45, 7) is 10.6. The molecule has 1 amide bonds. The van der Waals surface area contributed by atoms with E-state index in [0.717, 1.165) is 6.29 Å². The van der Waals surface area contributed by atoms with Gasteiger partial charge in [0, 0.05) is 5.92 Å². The third-order valence-electron chi connectivity index (χ3n) is 1.72. The van der Waals surface area contributed by atoms with Crippen molar-refractivity contribution in [2.75, 3.05) is 0 Å². The molecule has 0 fully saturated rings. The van der Waals surface area contributed by atoms with Crippen LogP contribution in [0.15, 0.2) is 12.7 Å². The fraction of sp³-hybridized carbons (Fsp3) is 0.636. The Morgan fingerprint density at radius 2 is 2.00 bits per heavy atom. The molecule has 0 spiro atoms. The van der Waals surface area contributed by atoms with Gasteiger partial charge in [0.05, 0.1) is 6.04 Å². The Kier molecular flexibility index (Phi) is 5.05. The second kappa shape index (κ2) is 5.53. The van der Waals surface area contributed by atoms with E-state index in [-0.39, 0.29) is 5.92 Å². The molecule has 2 atom stereocenters. The summed E-state index contributed by atoms with van der Waals surface area (Å²) in [7, 11) is 0. The van der Waals surface area contributed by atoms with Crippen LogP contribution in [0.2, 0.25) is 0 Å². The number of ether oxygens (including phenoxy) is 1. The highest BCUT2D eigenvalue weighted by Gasteiger charge is 2.20. The van der Waals surface area contributed by atoms with Crippen molar-refractivity contribution in [3.63, 3.8) is 0 Å². The van der Waals surface area contributed by atoms with Gasteiger partial charge in [-0.25, -0.2) is 4.79 Å². The van der Waals surface area contributed by atoms with Gasteiger partial charge in [-0.1, -0.05) is 13.0 Å². The highest BCUT2D eigenvalue weighted by atomic mass is 16.6. The molecule has 0 aromatic carbocycles. The van der Waals surface area contributed by atoms with Gasteiger partial charge >= 0.3 is 6.09 Å². The lowest BCUT2D eigenvalue weighted by molar-refractivity contribution is -0.111. The van der Waals surface area contributed by atoms with Gasteiger partial charge in [0.1, 0.15) is 11.9 Å². The van der Waals surface area contributed by atoms with E-state index < -0.39 is 17.7 Å². The Morgan fingerprint density at radius 3 is 2.33 bits per heavy atom. The summed E-state index contributed by atoms with van der Waals surface area (Å²) in [6.07, 6.45) is 1.74. The van der Waals surface area contributed by atoms with Crippen molar-refractivity contribution in [1.29, 1.82) is 0 Å². The molecule has 4 nitrogen and oxygen atoms in total. The summed E-state index contributed by atoms with van der Waals surface area (Å²) in [6, 6.07) is -0.391. The lowest BCUT2D eigenvalue weighted by atomic mass is 10.0. The largest absolute Gasteiger partial charge is 0.444 e. The third kappa shape index (κ3) is 5.88. The lowest BCUT2D eigenvalue weighted by Crippen LogP contribution is -2.41. The zero-order chi connectivity index (χ0) is 12.1. The number of carbonyl (C=O) groups excluding carboxylic acids is 2. The van der Waals surface area contributed by atoms with Crippen LogP contribution in [0, 0.1) is 5.92 Å². The van der Waals surface area contributed by atoms with Gasteiger partial charge < -0.3 is 14.8 Å². The van der Waals surface area contributed by atoms with Crippen LogP contribution in [0.25, 0.3) is 0 Å². The first-order chi connectivity index (χ1) is 6.80. The topological polar surface area (TPSA) is 55.4 Å². The molecule has 0 bridgehead atoms. The molecule has 0 unspecified atom stereocenters. The van der Waals surface area contributed by atoms with Crippen LogP contribution in [-0.4, -0.2) is 24.0 Å². The molecule has 0 saturated heterocycles. The van der Waals surface area contributed by atoms with E-state index in [1.165, 1.54) is 6.08 Å². The Bertz CT molecular complexity index is 243. The smallest absolute Gasteiger partial charge is 0.408 e. The molecule has 0 heterocycles. The first kappa shape index (κ1) is 13.7. The summed E-state index contributed by atoms with van der Waals surface area (Å²) in [5.41, 5.74) is -0.541. The fourth-order valence-corrected chi connectivity index (χ4v) is 0.933. The van der Waals surface area contributed by atoms with Crippen molar-refractivity contribution in [3.05, 3.63) is 12.7 Å². The second-order valence-electron chi connectivity index (χ2n) is 4.40. The van der Waals surface area contributed by atoms with E-state index >= 15 is 0 Å². The summed E-state index contributed by atoms with van der Waals surface area (Å²) >= 11 is 0. The van der Waals surface area contributed by atoms with Crippen LogP contribution in [0.1, 0.15) is 27.7 Å². The monoisotopic (exact) mass is 213 g/mol. The van der Waals surface area contributed by atoms with Crippen LogP contribution in [0.4, 0.5) is 4.79 Å². The summed E-state index contributed by atoms with van der Waals surface area (Å²) in [4.78, 5) is 21.9. The fourth-order valence-electron chi connectivity index (χ4n) is 0.933. The van der Waals surface area contributed by atoms with Gasteiger partial charge in [-0.05, 0) is 20.8 Å². The van der Waals surface area contributed by atoms with Gasteiger partial charge in [-0.3, -0.25) is 0 Å². The maximum atomic E-state index is 11.4. The number of aldehydes is 1. The summed E-state index contributed by atoms with van der Waals surface area (Å²) < 4.78 is 5.05. The standard InChI is InChI=1S/C11H19NO3/c1-6-9(8(2)7-13)12-10(14)15-11(3,4)5/h6-9H,1H2,2-5H3,(H,12,14)/t8-,9+/m1/s1. The van der Waals surface area contributed by atoms with Crippen molar-refractivity contribution in [2.45, 2.75) is 39.3 Å². The number of hydrogen-bond acceptors (Lipinski definition) is 3. The number of rotatable bonds is 4. The molecule has 0 aliphatic carbocycles. The molecule has 0 rings (SSSR count). The molecule has 0 aliphatic heterocycles. The van der Waals surface area contributed by atoms with Crippen molar-refractivity contribution in [3.8, 4) is 0 Å². The van der Waals surface area contributed by atoms with Crippen LogP contribution < -0.4 is 5.32 Å². The minimum atomic E-state index is -0.541. The third-order valence-corrected chi connectivity index (χ3v) is 1.72. The lowest BCUT2D eigenvalue weighted by Gasteiger charge is -2.23. The van der Waals surface area contributed by atoms with Crippen LogP contribution >= 0.6 is 0 Å². The predicted octanol–water partition coefficient (Wildman–Crippen LogP) is 1.90. The predicted molar refractivity (Wildman–Crippen MR) is 58.6 cm³/mol. The minimum Gasteiger partial charge on any atom is -0.444 e. The molecular formula is C11H19NO3. The zero-order valence-corrected chi connectivity index (χ0v) is 9.74. The van der Waals surface area contributed by atoms with Crippen molar-refractivity contribution < 1.29 is 14.3 Å². The number of nitrogens with one attached hydrogen (secondary N) is 1. The van der Waals surface area contributed by atoms with E-state index in [2.05, 4.69) is 11.9 Å². The molecule has 4 heteroatoms. The Hall–Kier alpha value is -1.32. The summed E-state index contributed by atoms with van der Waals surface area (Å²) in [5.74, 6) is -0.310. The van der Waals surface area contributed by atoms with E-state index in [0.29, 0.717) is 0 Å². The molecule has 0 aromatic heterocycles. The molecule has 86 valence electrons. The minimum absolute atomic E-state index is 0.310. The Balaban J connectivity index is 4.25. The van der Waals surface area contributed by atoms with Crippen molar-refractivity contribution in [1.82, 2.24) is 5.32 Å². The Labute approximate surface area is 90.7 Å². The van der Waals surface area contributed by atoms with Crippen LogP contribution in [0.5, 0.6) is 0 Å². The second-order valence-corrected chi connectivity index (χ2v) is 4.40. The van der Waals surface area contributed by atoms with E-state index in [9.17, 15) is 9.59 Å². The molecule has 0 radical (unpaired) electrons. The molecular weight excluding hydrogens is 194 g/mol. The van der Waals surface area contributed by atoms with Gasteiger partial charge in [0.2, 0.25) is 0 Å². The van der Waals surface area contributed by atoms with E-state index in [1.54, 1.807) is 27.7 Å². The number of carbonyl (C=O) groups is 2. The maximum absolute atomic E-state index is 11.4. The molecule has 0 saturated carbocycles. The van der Waals surface area contributed by atoms with E-state index in [4.69, 9.17) is 4.74 Å². The van der Waals surface area contributed by atoms with Crippen LogP contribution in [0.3, 0.4) is 0 Å². The zero-order valence-electron chi connectivity index (χ0n) is 9.74. The summed E-state index contributed by atoms with van der Waals surface area (Å²) in [5, 5.41) is 2.56. The van der Waals surface area contributed by atoms with Crippen molar-refractivity contribution in [2.24, 2.45) is 5.92 Å². The number of amides is 1. The average molecular weight is 213 g/mol. The molecule has 0 aliphatic rings. The normalized spacial score (nSPS) is 14.9. The number of alkyl carbamates (subject to hydrolysis) is 1. The van der Waals surface area contributed by atoms with Crippen LogP contribution in [-0.2, 0) is 9.53 Å². The molecule has 1 N–H and O–H groups in total. The number of hydrogen-bond donors (Lipinski definition) is 1. The highest BCUT2D eigenvalue weighted by molar-refractivity contribution is 5.69. The van der Waals surface area contributed by atoms with Gasteiger partial charge in [-0.15, -0.1) is 6.58 Å². The Morgan fingerprint density at radius 1 is 1.47 bits per heavy atom. The first-order valence-electron chi connectivity index (χ1n) is 4.87. The highest BCUT2D eigenvalue weighted by Crippen LogP contribution is 2.08. The SMILES string of the molecule is C=C[C@H](NC(=O)OC(C)(C)C)[C@H](C)C=O.